The van der Waals surface area contributed by atoms with Crippen molar-refractivity contribution >= 4 is 11.6 Å². The molecule has 1 heterocycles. The number of anilines is 1. The van der Waals surface area contributed by atoms with Crippen molar-refractivity contribution in [3.63, 3.8) is 0 Å². The zero-order chi connectivity index (χ0) is 11.6. The highest BCUT2D eigenvalue weighted by Crippen LogP contribution is 2.18. The van der Waals surface area contributed by atoms with E-state index in [1.807, 2.05) is 31.2 Å². The van der Waals surface area contributed by atoms with Crippen LogP contribution in [0.4, 0.5) is 5.69 Å². The van der Waals surface area contributed by atoms with E-state index in [0.29, 0.717) is 19.6 Å². The molecule has 1 aromatic carbocycles. The van der Waals surface area contributed by atoms with Gasteiger partial charge in [0.05, 0.1) is 18.8 Å². The molecule has 1 aromatic rings. The highest BCUT2D eigenvalue weighted by molar-refractivity contribution is 5.91. The lowest BCUT2D eigenvalue weighted by Gasteiger charge is -2.37. The Kier molecular flexibility index (Phi) is 2.94. The molecule has 1 aliphatic heterocycles. The van der Waals surface area contributed by atoms with E-state index in [-0.39, 0.29) is 5.91 Å². The molecule has 0 aliphatic carbocycles. The largest absolute Gasteiger partial charge is 0.377 e. The second-order valence-electron chi connectivity index (χ2n) is 4.45. The Morgan fingerprint density at radius 3 is 2.56 bits per heavy atom. The maximum atomic E-state index is 11.7. The van der Waals surface area contributed by atoms with Crippen molar-refractivity contribution in [3.05, 3.63) is 29.8 Å². The molecule has 0 atom stereocenters. The smallest absolute Gasteiger partial charge is 0.226 e. The van der Waals surface area contributed by atoms with Crippen LogP contribution in [-0.4, -0.2) is 24.7 Å². The van der Waals surface area contributed by atoms with Crippen molar-refractivity contribution in [2.75, 3.05) is 18.5 Å². The van der Waals surface area contributed by atoms with Gasteiger partial charge in [-0.15, -0.1) is 0 Å². The number of rotatable bonds is 3. The zero-order valence-corrected chi connectivity index (χ0v) is 9.32. The second kappa shape index (κ2) is 4.23. The highest BCUT2D eigenvalue weighted by Gasteiger charge is 2.36. The molecule has 3 N–H and O–H groups in total. The fraction of sp³-hybridized carbons (Fsp3) is 0.417. The molecule has 1 fully saturated rings. The van der Waals surface area contributed by atoms with Crippen LogP contribution in [0.15, 0.2) is 24.3 Å². The summed E-state index contributed by atoms with van der Waals surface area (Å²) < 4.78 is 5.00. The number of nitrogens with two attached hydrogens (primary N) is 1. The van der Waals surface area contributed by atoms with Gasteiger partial charge in [0.25, 0.3) is 0 Å². The van der Waals surface area contributed by atoms with Gasteiger partial charge in [-0.2, -0.15) is 0 Å². The minimum absolute atomic E-state index is 0.0605. The normalized spacial score (nSPS) is 17.6. The van der Waals surface area contributed by atoms with Crippen LogP contribution in [-0.2, 0) is 9.53 Å². The van der Waals surface area contributed by atoms with E-state index < -0.39 is 5.54 Å². The molecular formula is C12H16N2O2. The first-order chi connectivity index (χ1) is 7.57. The number of nitrogens with one attached hydrogen (secondary N) is 1. The van der Waals surface area contributed by atoms with Crippen molar-refractivity contribution in [2.24, 2.45) is 5.73 Å². The van der Waals surface area contributed by atoms with Crippen LogP contribution in [0.1, 0.15) is 12.0 Å². The third-order valence-corrected chi connectivity index (χ3v) is 2.63. The molecule has 0 radical (unpaired) electrons. The van der Waals surface area contributed by atoms with Crippen LogP contribution < -0.4 is 11.1 Å². The molecule has 4 nitrogen and oxygen atoms in total. The molecule has 16 heavy (non-hydrogen) atoms. The Balaban J connectivity index is 1.89. The van der Waals surface area contributed by atoms with Crippen molar-refractivity contribution in [2.45, 2.75) is 18.9 Å². The highest BCUT2D eigenvalue weighted by atomic mass is 16.5. The average Bonchev–Trinajstić information content (AvgIpc) is 2.19. The van der Waals surface area contributed by atoms with Gasteiger partial charge in [-0.25, -0.2) is 0 Å². The van der Waals surface area contributed by atoms with Gasteiger partial charge in [-0.05, 0) is 19.1 Å². The topological polar surface area (TPSA) is 64.4 Å². The summed E-state index contributed by atoms with van der Waals surface area (Å²) >= 11 is 0. The van der Waals surface area contributed by atoms with Crippen LogP contribution in [0.5, 0.6) is 0 Å². The number of benzene rings is 1. The van der Waals surface area contributed by atoms with Crippen molar-refractivity contribution < 1.29 is 9.53 Å². The molecule has 86 valence electrons. The minimum atomic E-state index is -0.464. The summed E-state index contributed by atoms with van der Waals surface area (Å²) in [4.78, 5) is 11.7. The standard InChI is InChI=1S/C12H16N2O2/c1-9-2-4-10(5-3-9)14-11(15)6-12(13)7-16-8-12/h2-5H,6-8,13H2,1H3,(H,14,15). The predicted molar refractivity (Wildman–Crippen MR) is 62.2 cm³/mol. The average molecular weight is 220 g/mol. The van der Waals surface area contributed by atoms with Gasteiger partial charge in [0.1, 0.15) is 0 Å². The fourth-order valence-corrected chi connectivity index (χ4v) is 1.63. The van der Waals surface area contributed by atoms with E-state index in [0.717, 1.165) is 5.69 Å². The van der Waals surface area contributed by atoms with Gasteiger partial charge in [0.15, 0.2) is 0 Å². The summed E-state index contributed by atoms with van der Waals surface area (Å²) in [5, 5.41) is 2.82. The Hall–Kier alpha value is -1.39. The van der Waals surface area contributed by atoms with Gasteiger partial charge in [0, 0.05) is 12.1 Å². The van der Waals surface area contributed by atoms with Gasteiger partial charge in [-0.3, -0.25) is 4.79 Å². The lowest BCUT2D eigenvalue weighted by atomic mass is 9.94. The van der Waals surface area contributed by atoms with E-state index in [4.69, 9.17) is 10.5 Å². The fourth-order valence-electron chi connectivity index (χ4n) is 1.63. The van der Waals surface area contributed by atoms with Crippen LogP contribution in [0, 0.1) is 6.92 Å². The number of hydrogen-bond donors (Lipinski definition) is 2. The summed E-state index contributed by atoms with van der Waals surface area (Å²) in [5.41, 5.74) is 7.40. The third-order valence-electron chi connectivity index (χ3n) is 2.63. The second-order valence-corrected chi connectivity index (χ2v) is 4.45. The van der Waals surface area contributed by atoms with Gasteiger partial charge < -0.3 is 15.8 Å². The molecule has 0 unspecified atom stereocenters. The first kappa shape index (κ1) is 11.1. The molecule has 0 saturated carbocycles. The molecule has 0 aromatic heterocycles. The SMILES string of the molecule is Cc1ccc(NC(=O)CC2(N)COC2)cc1. The summed E-state index contributed by atoms with van der Waals surface area (Å²) in [5.74, 6) is -0.0605. The predicted octanol–water partition coefficient (Wildman–Crippen LogP) is 1.05. The van der Waals surface area contributed by atoms with E-state index in [1.54, 1.807) is 0 Å². The lowest BCUT2D eigenvalue weighted by Crippen LogP contribution is -2.58. The Labute approximate surface area is 94.8 Å². The first-order valence-electron chi connectivity index (χ1n) is 5.31. The Bertz CT molecular complexity index is 383. The van der Waals surface area contributed by atoms with E-state index in [2.05, 4.69) is 5.32 Å². The Morgan fingerprint density at radius 2 is 2.06 bits per heavy atom. The minimum Gasteiger partial charge on any atom is -0.377 e. The summed E-state index contributed by atoms with van der Waals surface area (Å²) in [6.07, 6.45) is 0.306. The molecule has 1 aliphatic rings. The number of hydrogen-bond acceptors (Lipinski definition) is 3. The molecule has 1 amide bonds. The van der Waals surface area contributed by atoms with E-state index in [9.17, 15) is 4.79 Å². The maximum absolute atomic E-state index is 11.7. The summed E-state index contributed by atoms with van der Waals surface area (Å²) in [7, 11) is 0. The quantitative estimate of drug-likeness (QED) is 0.800. The van der Waals surface area contributed by atoms with Gasteiger partial charge in [-0.1, -0.05) is 17.7 Å². The van der Waals surface area contributed by atoms with Gasteiger partial charge in [0.2, 0.25) is 5.91 Å². The summed E-state index contributed by atoms with van der Waals surface area (Å²) in [6, 6.07) is 7.68. The van der Waals surface area contributed by atoms with Crippen molar-refractivity contribution in [3.8, 4) is 0 Å². The van der Waals surface area contributed by atoms with Crippen LogP contribution in [0.25, 0.3) is 0 Å². The number of ether oxygens (including phenoxy) is 1. The van der Waals surface area contributed by atoms with Crippen LogP contribution in [0.2, 0.25) is 0 Å². The van der Waals surface area contributed by atoms with Crippen LogP contribution in [0.3, 0.4) is 0 Å². The van der Waals surface area contributed by atoms with Crippen LogP contribution >= 0.6 is 0 Å². The zero-order valence-electron chi connectivity index (χ0n) is 9.32. The number of carbonyl (C=O) groups is 1. The van der Waals surface area contributed by atoms with Gasteiger partial charge >= 0.3 is 0 Å². The number of amides is 1. The maximum Gasteiger partial charge on any atom is 0.226 e. The third kappa shape index (κ3) is 2.59. The van der Waals surface area contributed by atoms with Crippen molar-refractivity contribution in [1.29, 1.82) is 0 Å². The molecule has 4 heteroatoms. The Morgan fingerprint density at radius 1 is 1.44 bits per heavy atom. The first-order valence-corrected chi connectivity index (χ1v) is 5.31. The lowest BCUT2D eigenvalue weighted by molar-refractivity contribution is -0.123. The van der Waals surface area contributed by atoms with Crippen molar-refractivity contribution in [1.82, 2.24) is 0 Å². The molecule has 0 spiro atoms. The number of aryl methyl sites for hydroxylation is 1. The number of carbonyl (C=O) groups excluding carboxylic acids is 1. The monoisotopic (exact) mass is 220 g/mol. The summed E-state index contributed by atoms with van der Waals surface area (Å²) in [6.45, 7) is 2.94. The molecule has 0 bridgehead atoms. The van der Waals surface area contributed by atoms with E-state index >= 15 is 0 Å². The molecule has 1 saturated heterocycles. The van der Waals surface area contributed by atoms with E-state index in [1.165, 1.54) is 5.56 Å². The molecular weight excluding hydrogens is 204 g/mol. The molecule has 2 rings (SSSR count).